The van der Waals surface area contributed by atoms with Crippen LogP contribution < -0.4 is 10.1 Å². The molecule has 144 valence electrons. The van der Waals surface area contributed by atoms with Crippen molar-refractivity contribution in [1.29, 1.82) is 0 Å². The summed E-state index contributed by atoms with van der Waals surface area (Å²) in [6.07, 6.45) is 2.61. The van der Waals surface area contributed by atoms with E-state index in [0.29, 0.717) is 29.3 Å². The van der Waals surface area contributed by atoms with Crippen LogP contribution in [-0.2, 0) is 17.9 Å². The molecule has 0 aromatic heterocycles. The molecule has 6 heteroatoms. The van der Waals surface area contributed by atoms with Gasteiger partial charge in [0.2, 0.25) is 5.91 Å². The van der Waals surface area contributed by atoms with Crippen LogP contribution in [0, 0.1) is 5.82 Å². The average molecular weight is 391 g/mol. The van der Waals surface area contributed by atoms with Gasteiger partial charge >= 0.3 is 0 Å². The lowest BCUT2D eigenvalue weighted by Crippen LogP contribution is -2.28. The van der Waals surface area contributed by atoms with E-state index in [0.717, 1.165) is 38.0 Å². The number of ether oxygens (including phenoxy) is 1. The summed E-state index contributed by atoms with van der Waals surface area (Å²) in [7, 11) is 0. The molecule has 27 heavy (non-hydrogen) atoms. The van der Waals surface area contributed by atoms with E-state index in [9.17, 15) is 9.18 Å². The molecule has 1 amide bonds. The van der Waals surface area contributed by atoms with Crippen molar-refractivity contribution in [1.82, 2.24) is 10.2 Å². The Balaban J connectivity index is 1.41. The summed E-state index contributed by atoms with van der Waals surface area (Å²) in [5.74, 6) is 0.522. The second kappa shape index (κ2) is 9.72. The monoisotopic (exact) mass is 390 g/mol. The first-order valence-electron chi connectivity index (χ1n) is 9.26. The first kappa shape index (κ1) is 19.6. The SMILES string of the molecule is O=C1CCCN1CCCNCc1ccc(OCc2ccccc2F)c(Cl)c1. The number of rotatable bonds is 9. The topological polar surface area (TPSA) is 41.6 Å². The highest BCUT2D eigenvalue weighted by atomic mass is 35.5. The summed E-state index contributed by atoms with van der Waals surface area (Å²) in [5, 5.41) is 3.87. The van der Waals surface area contributed by atoms with E-state index in [1.807, 2.05) is 23.1 Å². The quantitative estimate of drug-likeness (QED) is 0.654. The molecule has 1 fully saturated rings. The molecule has 0 unspecified atom stereocenters. The summed E-state index contributed by atoms with van der Waals surface area (Å²) < 4.78 is 19.3. The third-order valence-corrected chi connectivity index (χ3v) is 4.91. The van der Waals surface area contributed by atoms with Crippen LogP contribution in [0.2, 0.25) is 5.02 Å². The van der Waals surface area contributed by atoms with Crippen LogP contribution in [0.3, 0.4) is 0 Å². The van der Waals surface area contributed by atoms with Gasteiger partial charge in [-0.05, 0) is 43.1 Å². The lowest BCUT2D eigenvalue weighted by atomic mass is 10.2. The largest absolute Gasteiger partial charge is 0.487 e. The van der Waals surface area contributed by atoms with Crippen LogP contribution in [0.15, 0.2) is 42.5 Å². The van der Waals surface area contributed by atoms with Crippen LogP contribution in [0.25, 0.3) is 0 Å². The molecule has 0 atom stereocenters. The molecule has 1 N–H and O–H groups in total. The van der Waals surface area contributed by atoms with Crippen molar-refractivity contribution in [3.05, 3.63) is 64.4 Å². The molecule has 1 aliphatic rings. The highest BCUT2D eigenvalue weighted by Gasteiger charge is 2.18. The maximum Gasteiger partial charge on any atom is 0.222 e. The van der Waals surface area contributed by atoms with Gasteiger partial charge in [-0.2, -0.15) is 0 Å². The maximum atomic E-state index is 13.6. The van der Waals surface area contributed by atoms with Crippen molar-refractivity contribution in [3.63, 3.8) is 0 Å². The molecule has 2 aromatic carbocycles. The van der Waals surface area contributed by atoms with Crippen LogP contribution in [-0.4, -0.2) is 30.4 Å². The van der Waals surface area contributed by atoms with Gasteiger partial charge in [-0.25, -0.2) is 4.39 Å². The fourth-order valence-electron chi connectivity index (χ4n) is 3.11. The molecule has 0 aliphatic carbocycles. The van der Waals surface area contributed by atoms with E-state index in [2.05, 4.69) is 5.32 Å². The van der Waals surface area contributed by atoms with Gasteiger partial charge < -0.3 is 15.0 Å². The Morgan fingerprint density at radius 2 is 2.07 bits per heavy atom. The van der Waals surface area contributed by atoms with Crippen LogP contribution in [0.5, 0.6) is 5.75 Å². The number of likely N-dealkylation sites (tertiary alicyclic amines) is 1. The summed E-state index contributed by atoms with van der Waals surface area (Å²) in [4.78, 5) is 13.5. The molecule has 0 bridgehead atoms. The zero-order valence-corrected chi connectivity index (χ0v) is 16.0. The molecule has 4 nitrogen and oxygen atoms in total. The molecule has 1 aliphatic heterocycles. The molecule has 0 saturated carbocycles. The number of amides is 1. The van der Waals surface area contributed by atoms with Crippen molar-refractivity contribution in [2.45, 2.75) is 32.4 Å². The van der Waals surface area contributed by atoms with Crippen molar-refractivity contribution < 1.29 is 13.9 Å². The van der Waals surface area contributed by atoms with E-state index in [1.54, 1.807) is 18.2 Å². The van der Waals surface area contributed by atoms with Crippen molar-refractivity contribution in [2.75, 3.05) is 19.6 Å². The highest BCUT2D eigenvalue weighted by Crippen LogP contribution is 2.26. The van der Waals surface area contributed by atoms with Gasteiger partial charge in [-0.3, -0.25) is 4.79 Å². The smallest absolute Gasteiger partial charge is 0.222 e. The molecule has 0 spiro atoms. The van der Waals surface area contributed by atoms with Gasteiger partial charge in [0.15, 0.2) is 0 Å². The summed E-state index contributed by atoms with van der Waals surface area (Å²) in [6.45, 7) is 3.38. The molecular weight excluding hydrogens is 367 g/mol. The molecule has 3 rings (SSSR count). The number of halogens is 2. The van der Waals surface area contributed by atoms with Gasteiger partial charge in [0.25, 0.3) is 0 Å². The summed E-state index contributed by atoms with van der Waals surface area (Å²) >= 11 is 6.29. The number of nitrogens with zero attached hydrogens (tertiary/aromatic N) is 1. The van der Waals surface area contributed by atoms with E-state index in [-0.39, 0.29) is 18.3 Å². The second-order valence-corrected chi connectivity index (χ2v) is 7.07. The Bertz CT molecular complexity index is 785. The minimum Gasteiger partial charge on any atom is -0.487 e. The van der Waals surface area contributed by atoms with Crippen molar-refractivity contribution >= 4 is 17.5 Å². The lowest BCUT2D eigenvalue weighted by Gasteiger charge is -2.15. The van der Waals surface area contributed by atoms with Crippen molar-refractivity contribution in [2.24, 2.45) is 0 Å². The van der Waals surface area contributed by atoms with Crippen molar-refractivity contribution in [3.8, 4) is 5.75 Å². The highest BCUT2D eigenvalue weighted by molar-refractivity contribution is 6.32. The maximum absolute atomic E-state index is 13.6. The number of carbonyl (C=O) groups is 1. The average Bonchev–Trinajstić information content (AvgIpc) is 3.07. The van der Waals surface area contributed by atoms with E-state index in [1.165, 1.54) is 6.07 Å². The van der Waals surface area contributed by atoms with Crippen LogP contribution >= 0.6 is 11.6 Å². The van der Waals surface area contributed by atoms with Gasteiger partial charge in [0.05, 0.1) is 5.02 Å². The van der Waals surface area contributed by atoms with Gasteiger partial charge in [-0.15, -0.1) is 0 Å². The number of hydrogen-bond donors (Lipinski definition) is 1. The number of nitrogens with one attached hydrogen (secondary N) is 1. The normalized spacial score (nSPS) is 14.0. The van der Waals surface area contributed by atoms with Gasteiger partial charge in [0.1, 0.15) is 18.2 Å². The zero-order chi connectivity index (χ0) is 19.1. The third-order valence-electron chi connectivity index (χ3n) is 4.62. The number of carbonyl (C=O) groups excluding carboxylic acids is 1. The Morgan fingerprint density at radius 1 is 1.22 bits per heavy atom. The first-order chi connectivity index (χ1) is 13.1. The Morgan fingerprint density at radius 3 is 2.81 bits per heavy atom. The molecule has 1 heterocycles. The second-order valence-electron chi connectivity index (χ2n) is 6.66. The van der Waals surface area contributed by atoms with Crippen LogP contribution in [0.1, 0.15) is 30.4 Å². The predicted molar refractivity (Wildman–Crippen MR) is 104 cm³/mol. The van der Waals surface area contributed by atoms with Gasteiger partial charge in [-0.1, -0.05) is 35.9 Å². The standard InChI is InChI=1S/C21H24ClFN2O2/c22-18-13-16(14-24-10-4-12-25-11-3-7-21(25)26)8-9-20(18)27-15-17-5-1-2-6-19(17)23/h1-2,5-6,8-9,13,24H,3-4,7,10-12,14-15H2. The first-order valence-corrected chi connectivity index (χ1v) is 9.64. The summed E-state index contributed by atoms with van der Waals surface area (Å²) in [6, 6.07) is 12.1. The molecule has 0 radical (unpaired) electrons. The van der Waals surface area contributed by atoms with E-state index < -0.39 is 0 Å². The Labute approximate surface area is 164 Å². The summed E-state index contributed by atoms with van der Waals surface area (Å²) in [5.41, 5.74) is 1.55. The predicted octanol–water partition coefficient (Wildman–Crippen LogP) is 4.16. The fraction of sp³-hybridized carbons (Fsp3) is 0.381. The molecular formula is C21H24ClFN2O2. The number of benzene rings is 2. The zero-order valence-electron chi connectivity index (χ0n) is 15.2. The number of hydrogen-bond acceptors (Lipinski definition) is 3. The molecule has 1 saturated heterocycles. The Kier molecular flexibility index (Phi) is 7.07. The minimum absolute atomic E-state index is 0.138. The fourth-order valence-corrected chi connectivity index (χ4v) is 3.37. The van der Waals surface area contributed by atoms with Gasteiger partial charge in [0, 0.05) is 31.6 Å². The molecule has 2 aromatic rings. The third kappa shape index (κ3) is 5.68. The Hall–Kier alpha value is -2.11. The lowest BCUT2D eigenvalue weighted by molar-refractivity contribution is -0.127. The van der Waals surface area contributed by atoms with E-state index in [4.69, 9.17) is 16.3 Å². The van der Waals surface area contributed by atoms with Crippen LogP contribution in [0.4, 0.5) is 4.39 Å². The van der Waals surface area contributed by atoms with E-state index >= 15 is 0 Å². The minimum atomic E-state index is -0.287.